The Balaban J connectivity index is 2.04. The van der Waals surface area contributed by atoms with Gasteiger partial charge in [-0.2, -0.15) is 0 Å². The minimum atomic E-state index is 0.140. The maximum atomic E-state index is 5.96. The van der Waals surface area contributed by atoms with E-state index in [-0.39, 0.29) is 6.04 Å². The molecule has 2 aromatic heterocycles. The molecule has 90 valence electrons. The highest BCUT2D eigenvalue weighted by Crippen LogP contribution is 2.21. The Kier molecular flexibility index (Phi) is 2.82. The minimum Gasteiger partial charge on any atom is -0.377 e. The predicted octanol–water partition coefficient (Wildman–Crippen LogP) is 0.568. The Morgan fingerprint density at radius 1 is 1.53 bits per heavy atom. The van der Waals surface area contributed by atoms with E-state index in [4.69, 9.17) is 16.3 Å². The number of anilines is 1. The lowest BCUT2D eigenvalue weighted by Gasteiger charge is -2.35. The number of ether oxygens (including phenoxy) is 1. The maximum absolute atomic E-state index is 5.96. The van der Waals surface area contributed by atoms with Crippen molar-refractivity contribution in [3.8, 4) is 0 Å². The lowest BCUT2D eigenvalue weighted by molar-refractivity contribution is 0.0995. The molecular weight excluding hydrogens is 242 g/mol. The minimum absolute atomic E-state index is 0.140. The molecular formula is C10H12ClN5O. The molecule has 1 fully saturated rings. The van der Waals surface area contributed by atoms with Gasteiger partial charge in [0.25, 0.3) is 0 Å². The fraction of sp³-hybridized carbons (Fsp3) is 0.500. The van der Waals surface area contributed by atoms with Gasteiger partial charge in [-0.25, -0.2) is 4.98 Å². The Labute approximate surface area is 103 Å². The number of nitrogens with zero attached hydrogens (tertiary/aromatic N) is 5. The van der Waals surface area contributed by atoms with E-state index in [0.717, 1.165) is 18.0 Å². The third-order valence-electron chi connectivity index (χ3n) is 2.87. The Bertz CT molecular complexity index is 516. The van der Waals surface area contributed by atoms with E-state index in [0.29, 0.717) is 19.1 Å². The van der Waals surface area contributed by atoms with Gasteiger partial charge in [0.2, 0.25) is 5.65 Å². The smallest absolute Gasteiger partial charge is 0.203 e. The van der Waals surface area contributed by atoms with Gasteiger partial charge in [-0.3, -0.25) is 4.40 Å². The molecule has 6 nitrogen and oxygen atoms in total. The molecule has 0 aliphatic carbocycles. The van der Waals surface area contributed by atoms with Gasteiger partial charge in [-0.15, -0.1) is 21.8 Å². The SMILES string of the molecule is ClCC1COCCN1c1nccn2cnnc12. The van der Waals surface area contributed by atoms with Crippen LogP contribution in [0.15, 0.2) is 18.7 Å². The van der Waals surface area contributed by atoms with Gasteiger partial charge >= 0.3 is 0 Å². The zero-order valence-corrected chi connectivity index (χ0v) is 9.92. The molecule has 7 heteroatoms. The van der Waals surface area contributed by atoms with Gasteiger partial charge in [-0.1, -0.05) is 0 Å². The highest BCUT2D eigenvalue weighted by molar-refractivity contribution is 6.18. The predicted molar refractivity (Wildman–Crippen MR) is 63.5 cm³/mol. The van der Waals surface area contributed by atoms with Crippen LogP contribution in [-0.4, -0.2) is 51.3 Å². The molecule has 3 rings (SSSR count). The Hall–Kier alpha value is -1.40. The van der Waals surface area contributed by atoms with E-state index in [9.17, 15) is 0 Å². The van der Waals surface area contributed by atoms with E-state index < -0.39 is 0 Å². The molecule has 1 unspecified atom stereocenters. The third-order valence-corrected chi connectivity index (χ3v) is 3.23. The molecule has 1 saturated heterocycles. The van der Waals surface area contributed by atoms with Crippen LogP contribution >= 0.6 is 11.6 Å². The second kappa shape index (κ2) is 4.46. The molecule has 1 aliphatic rings. The number of hydrogen-bond acceptors (Lipinski definition) is 5. The molecule has 3 heterocycles. The summed E-state index contributed by atoms with van der Waals surface area (Å²) < 4.78 is 7.27. The van der Waals surface area contributed by atoms with Gasteiger partial charge in [0.1, 0.15) is 6.33 Å². The standard InChI is InChI=1S/C10H12ClN5O/c11-5-8-6-17-4-3-16(8)9-10-14-13-7-15(10)2-1-12-9/h1-2,7-8H,3-6H2. The summed E-state index contributed by atoms with van der Waals surface area (Å²) in [4.78, 5) is 6.53. The highest BCUT2D eigenvalue weighted by atomic mass is 35.5. The summed E-state index contributed by atoms with van der Waals surface area (Å²) in [5, 5.41) is 7.98. The Morgan fingerprint density at radius 2 is 2.47 bits per heavy atom. The normalized spacial score (nSPS) is 21.0. The number of alkyl halides is 1. The number of rotatable bonds is 2. The monoisotopic (exact) mass is 253 g/mol. The van der Waals surface area contributed by atoms with Gasteiger partial charge in [0, 0.05) is 24.8 Å². The molecule has 0 bridgehead atoms. The van der Waals surface area contributed by atoms with Gasteiger partial charge in [-0.05, 0) is 0 Å². The number of fused-ring (bicyclic) bond motifs is 1. The summed E-state index contributed by atoms with van der Waals surface area (Å²) in [5.74, 6) is 1.33. The first-order chi connectivity index (χ1) is 8.40. The fourth-order valence-corrected chi connectivity index (χ4v) is 2.27. The Morgan fingerprint density at radius 3 is 3.35 bits per heavy atom. The second-order valence-electron chi connectivity index (χ2n) is 3.89. The summed E-state index contributed by atoms with van der Waals surface area (Å²) in [6.07, 6.45) is 5.23. The zero-order valence-electron chi connectivity index (χ0n) is 9.16. The summed E-state index contributed by atoms with van der Waals surface area (Å²) in [5.41, 5.74) is 0.754. The summed E-state index contributed by atoms with van der Waals surface area (Å²) in [6.45, 7) is 2.08. The van der Waals surface area contributed by atoms with E-state index >= 15 is 0 Å². The molecule has 0 amide bonds. The highest BCUT2D eigenvalue weighted by Gasteiger charge is 2.25. The molecule has 0 spiro atoms. The summed E-state index contributed by atoms with van der Waals surface area (Å²) >= 11 is 5.96. The van der Waals surface area contributed by atoms with Crippen molar-refractivity contribution in [2.45, 2.75) is 6.04 Å². The van der Waals surface area contributed by atoms with Crippen LogP contribution < -0.4 is 4.90 Å². The van der Waals surface area contributed by atoms with E-state index in [1.807, 2.05) is 10.6 Å². The number of aromatic nitrogens is 4. The van der Waals surface area contributed by atoms with Crippen molar-refractivity contribution in [2.75, 3.05) is 30.5 Å². The van der Waals surface area contributed by atoms with Crippen LogP contribution in [0.5, 0.6) is 0 Å². The van der Waals surface area contributed by atoms with Crippen molar-refractivity contribution in [2.24, 2.45) is 0 Å². The van der Waals surface area contributed by atoms with Crippen molar-refractivity contribution >= 4 is 23.1 Å². The molecule has 0 radical (unpaired) electrons. The van der Waals surface area contributed by atoms with E-state index in [2.05, 4.69) is 20.1 Å². The zero-order chi connectivity index (χ0) is 11.7. The average Bonchev–Trinajstić information content (AvgIpc) is 2.86. The van der Waals surface area contributed by atoms with Crippen LogP contribution in [0.2, 0.25) is 0 Å². The lowest BCUT2D eigenvalue weighted by atomic mass is 10.2. The van der Waals surface area contributed by atoms with Crippen molar-refractivity contribution in [1.82, 2.24) is 19.6 Å². The van der Waals surface area contributed by atoms with Gasteiger partial charge < -0.3 is 9.64 Å². The lowest BCUT2D eigenvalue weighted by Crippen LogP contribution is -2.47. The van der Waals surface area contributed by atoms with Crippen molar-refractivity contribution in [3.05, 3.63) is 18.7 Å². The van der Waals surface area contributed by atoms with Crippen molar-refractivity contribution in [3.63, 3.8) is 0 Å². The van der Waals surface area contributed by atoms with Crippen LogP contribution in [0, 0.1) is 0 Å². The molecule has 1 atom stereocenters. The third kappa shape index (κ3) is 1.83. The molecule has 2 aromatic rings. The van der Waals surface area contributed by atoms with Crippen LogP contribution in [0.4, 0.5) is 5.82 Å². The second-order valence-corrected chi connectivity index (χ2v) is 4.20. The first-order valence-electron chi connectivity index (χ1n) is 5.45. The van der Waals surface area contributed by atoms with Gasteiger partial charge in [0.15, 0.2) is 5.82 Å². The van der Waals surface area contributed by atoms with Crippen molar-refractivity contribution in [1.29, 1.82) is 0 Å². The van der Waals surface area contributed by atoms with Gasteiger partial charge in [0.05, 0.1) is 19.3 Å². The summed E-state index contributed by atoms with van der Waals surface area (Å²) in [7, 11) is 0. The molecule has 0 aromatic carbocycles. The number of morpholine rings is 1. The van der Waals surface area contributed by atoms with Crippen molar-refractivity contribution < 1.29 is 4.74 Å². The summed E-state index contributed by atoms with van der Waals surface area (Å²) in [6, 6.07) is 0.140. The van der Waals surface area contributed by atoms with Crippen LogP contribution in [0.25, 0.3) is 5.65 Å². The molecule has 17 heavy (non-hydrogen) atoms. The molecule has 0 saturated carbocycles. The molecule has 1 aliphatic heterocycles. The average molecular weight is 254 g/mol. The first kappa shape index (κ1) is 10.7. The number of hydrogen-bond donors (Lipinski definition) is 0. The molecule has 0 N–H and O–H groups in total. The van der Waals surface area contributed by atoms with Crippen LogP contribution in [0.1, 0.15) is 0 Å². The van der Waals surface area contributed by atoms with E-state index in [1.165, 1.54) is 0 Å². The first-order valence-corrected chi connectivity index (χ1v) is 5.98. The topological polar surface area (TPSA) is 55.5 Å². The quantitative estimate of drug-likeness (QED) is 0.733. The number of halogens is 1. The fourth-order valence-electron chi connectivity index (χ4n) is 2.01. The van der Waals surface area contributed by atoms with Crippen LogP contribution in [-0.2, 0) is 4.74 Å². The maximum Gasteiger partial charge on any atom is 0.203 e. The largest absolute Gasteiger partial charge is 0.377 e. The van der Waals surface area contributed by atoms with Crippen LogP contribution in [0.3, 0.4) is 0 Å². The van der Waals surface area contributed by atoms with E-state index in [1.54, 1.807) is 12.5 Å².